The minimum Gasteiger partial charge on any atom is -0.389 e. The van der Waals surface area contributed by atoms with E-state index in [9.17, 15) is 5.11 Å². The third-order valence-corrected chi connectivity index (χ3v) is 3.54. The van der Waals surface area contributed by atoms with Gasteiger partial charge in [0.1, 0.15) is 0 Å². The van der Waals surface area contributed by atoms with Crippen molar-refractivity contribution in [2.24, 2.45) is 0 Å². The first-order valence-electron chi connectivity index (χ1n) is 6.27. The van der Waals surface area contributed by atoms with Gasteiger partial charge in [0.2, 0.25) is 0 Å². The summed E-state index contributed by atoms with van der Waals surface area (Å²) in [5.74, 6) is 0. The Kier molecular flexibility index (Phi) is 4.13. The Morgan fingerprint density at radius 3 is 2.26 bits per heavy atom. The van der Waals surface area contributed by atoms with Crippen LogP contribution in [-0.4, -0.2) is 12.2 Å². The van der Waals surface area contributed by atoms with Crippen LogP contribution in [0.2, 0.25) is 5.02 Å². The van der Waals surface area contributed by atoms with Gasteiger partial charge >= 0.3 is 0 Å². The quantitative estimate of drug-likeness (QED) is 0.893. The molecule has 0 radical (unpaired) electrons. The average Bonchev–Trinajstić information content (AvgIpc) is 2.38. The smallest absolute Gasteiger partial charge is 0.0762 e. The molecule has 0 aromatic heterocycles. The summed E-state index contributed by atoms with van der Waals surface area (Å²) < 4.78 is 0. The molecule has 0 saturated heterocycles. The van der Waals surface area contributed by atoms with Crippen LogP contribution in [0, 0.1) is 6.92 Å². The summed E-state index contributed by atoms with van der Waals surface area (Å²) in [5, 5.41) is 10.2. The molecule has 2 aromatic carbocycles. The maximum absolute atomic E-state index is 9.55. The van der Waals surface area contributed by atoms with E-state index in [1.54, 1.807) is 6.92 Å². The second-order valence-corrected chi connectivity index (χ2v) is 5.19. The molecule has 0 heterocycles. The van der Waals surface area contributed by atoms with E-state index in [-0.39, 0.29) is 0 Å². The van der Waals surface area contributed by atoms with Crippen LogP contribution in [-0.2, 0) is 0 Å². The van der Waals surface area contributed by atoms with Gasteiger partial charge in [-0.25, -0.2) is 0 Å². The SMILES string of the molecule is Cc1ccc(N(C)c2ccc(C(C)O)cc2Cl)cc1. The third kappa shape index (κ3) is 3.09. The molecule has 1 atom stereocenters. The van der Waals surface area contributed by atoms with E-state index >= 15 is 0 Å². The normalized spacial score (nSPS) is 12.3. The van der Waals surface area contributed by atoms with E-state index < -0.39 is 6.10 Å². The highest BCUT2D eigenvalue weighted by atomic mass is 35.5. The number of aryl methyl sites for hydroxylation is 1. The second kappa shape index (κ2) is 5.64. The van der Waals surface area contributed by atoms with E-state index in [0.717, 1.165) is 16.9 Å². The Morgan fingerprint density at radius 2 is 1.74 bits per heavy atom. The van der Waals surface area contributed by atoms with E-state index in [0.29, 0.717) is 5.02 Å². The molecule has 2 nitrogen and oxygen atoms in total. The number of anilines is 2. The van der Waals surface area contributed by atoms with Gasteiger partial charge in [0.25, 0.3) is 0 Å². The van der Waals surface area contributed by atoms with Gasteiger partial charge in [-0.1, -0.05) is 35.4 Å². The molecule has 2 aromatic rings. The fraction of sp³-hybridized carbons (Fsp3) is 0.250. The zero-order valence-electron chi connectivity index (χ0n) is 11.4. The number of halogens is 1. The first-order valence-corrected chi connectivity index (χ1v) is 6.64. The van der Waals surface area contributed by atoms with Crippen molar-refractivity contribution < 1.29 is 5.11 Å². The van der Waals surface area contributed by atoms with Crippen LogP contribution in [0.4, 0.5) is 11.4 Å². The molecule has 0 fully saturated rings. The summed E-state index contributed by atoms with van der Waals surface area (Å²) in [6.45, 7) is 3.79. The third-order valence-electron chi connectivity index (χ3n) is 3.24. The zero-order valence-corrected chi connectivity index (χ0v) is 12.1. The molecule has 2 rings (SSSR count). The van der Waals surface area contributed by atoms with Crippen LogP contribution in [0.1, 0.15) is 24.2 Å². The molecular formula is C16H18ClNO. The number of aliphatic hydroxyl groups is 1. The Bertz CT molecular complexity index is 563. The van der Waals surface area contributed by atoms with Crippen LogP contribution in [0.15, 0.2) is 42.5 Å². The van der Waals surface area contributed by atoms with Crippen molar-refractivity contribution >= 4 is 23.0 Å². The summed E-state index contributed by atoms with van der Waals surface area (Å²) in [5.41, 5.74) is 4.06. The van der Waals surface area contributed by atoms with Crippen LogP contribution in [0.5, 0.6) is 0 Å². The fourth-order valence-electron chi connectivity index (χ4n) is 1.96. The molecule has 0 bridgehead atoms. The molecule has 0 aliphatic carbocycles. The van der Waals surface area contributed by atoms with Gasteiger partial charge in [-0.15, -0.1) is 0 Å². The standard InChI is InChI=1S/C16H18ClNO/c1-11-4-7-14(8-5-11)18(3)16-9-6-13(12(2)19)10-15(16)17/h4-10,12,19H,1-3H3. The fourth-order valence-corrected chi connectivity index (χ4v) is 2.28. The lowest BCUT2D eigenvalue weighted by atomic mass is 10.1. The van der Waals surface area contributed by atoms with Crippen molar-refractivity contribution in [1.82, 2.24) is 0 Å². The van der Waals surface area contributed by atoms with Crippen molar-refractivity contribution in [1.29, 1.82) is 0 Å². The predicted molar refractivity (Wildman–Crippen MR) is 81.3 cm³/mol. The Labute approximate surface area is 119 Å². The van der Waals surface area contributed by atoms with Gasteiger partial charge < -0.3 is 10.0 Å². The van der Waals surface area contributed by atoms with E-state index in [2.05, 4.69) is 31.2 Å². The Hall–Kier alpha value is -1.51. The lowest BCUT2D eigenvalue weighted by molar-refractivity contribution is 0.199. The van der Waals surface area contributed by atoms with Gasteiger partial charge in [-0.2, -0.15) is 0 Å². The minimum absolute atomic E-state index is 0.503. The molecule has 0 aliphatic heterocycles. The largest absolute Gasteiger partial charge is 0.389 e. The number of rotatable bonds is 3. The monoisotopic (exact) mass is 275 g/mol. The van der Waals surface area contributed by atoms with E-state index in [1.165, 1.54) is 5.56 Å². The highest BCUT2D eigenvalue weighted by Crippen LogP contribution is 2.32. The molecule has 0 spiro atoms. The summed E-state index contributed by atoms with van der Waals surface area (Å²) in [4.78, 5) is 2.04. The predicted octanol–water partition coefficient (Wildman–Crippen LogP) is 4.47. The summed E-state index contributed by atoms with van der Waals surface area (Å²) in [6.07, 6.45) is -0.503. The van der Waals surface area contributed by atoms with Crippen molar-refractivity contribution in [3.8, 4) is 0 Å². The number of benzene rings is 2. The molecule has 1 N–H and O–H groups in total. The lowest BCUT2D eigenvalue weighted by Crippen LogP contribution is -2.10. The number of nitrogens with zero attached hydrogens (tertiary/aromatic N) is 1. The molecule has 0 aliphatic rings. The summed E-state index contributed by atoms with van der Waals surface area (Å²) in [6, 6.07) is 13.9. The zero-order chi connectivity index (χ0) is 14.0. The number of hydrogen-bond acceptors (Lipinski definition) is 2. The van der Waals surface area contributed by atoms with Crippen LogP contribution in [0.3, 0.4) is 0 Å². The maximum atomic E-state index is 9.55. The molecule has 0 amide bonds. The van der Waals surface area contributed by atoms with E-state index in [4.69, 9.17) is 11.6 Å². The molecule has 100 valence electrons. The molecule has 1 unspecified atom stereocenters. The summed E-state index contributed by atoms with van der Waals surface area (Å²) in [7, 11) is 1.98. The van der Waals surface area contributed by atoms with Crippen LogP contribution in [0.25, 0.3) is 0 Å². The average molecular weight is 276 g/mol. The van der Waals surface area contributed by atoms with Crippen LogP contribution < -0.4 is 4.90 Å². The number of hydrogen-bond donors (Lipinski definition) is 1. The second-order valence-electron chi connectivity index (χ2n) is 4.78. The first-order chi connectivity index (χ1) is 8.99. The van der Waals surface area contributed by atoms with Crippen molar-refractivity contribution in [3.63, 3.8) is 0 Å². The van der Waals surface area contributed by atoms with Crippen LogP contribution >= 0.6 is 11.6 Å². The highest BCUT2D eigenvalue weighted by molar-refractivity contribution is 6.33. The van der Waals surface area contributed by atoms with Gasteiger partial charge in [0.05, 0.1) is 16.8 Å². The first kappa shape index (κ1) is 13.9. The minimum atomic E-state index is -0.503. The maximum Gasteiger partial charge on any atom is 0.0762 e. The molecule has 0 saturated carbocycles. The van der Waals surface area contributed by atoms with Gasteiger partial charge in [0.15, 0.2) is 0 Å². The topological polar surface area (TPSA) is 23.5 Å². The highest BCUT2D eigenvalue weighted by Gasteiger charge is 2.10. The Balaban J connectivity index is 2.33. The summed E-state index contributed by atoms with van der Waals surface area (Å²) >= 11 is 6.30. The number of aliphatic hydroxyl groups excluding tert-OH is 1. The molecular weight excluding hydrogens is 258 g/mol. The van der Waals surface area contributed by atoms with Crippen molar-refractivity contribution in [3.05, 3.63) is 58.6 Å². The van der Waals surface area contributed by atoms with E-state index in [1.807, 2.05) is 30.1 Å². The van der Waals surface area contributed by atoms with Gasteiger partial charge in [-0.3, -0.25) is 0 Å². The van der Waals surface area contributed by atoms with Crippen molar-refractivity contribution in [2.45, 2.75) is 20.0 Å². The van der Waals surface area contributed by atoms with Gasteiger partial charge in [0, 0.05) is 12.7 Å². The molecule has 3 heteroatoms. The Morgan fingerprint density at radius 1 is 1.11 bits per heavy atom. The van der Waals surface area contributed by atoms with Crippen molar-refractivity contribution in [2.75, 3.05) is 11.9 Å². The molecule has 19 heavy (non-hydrogen) atoms. The lowest BCUT2D eigenvalue weighted by Gasteiger charge is -2.21. The van der Waals surface area contributed by atoms with Gasteiger partial charge in [-0.05, 0) is 43.7 Å².